The van der Waals surface area contributed by atoms with Crippen LogP contribution in [0.4, 0.5) is 4.39 Å². The maximum Gasteiger partial charge on any atom is 0.305 e. The molecule has 0 aliphatic carbocycles. The van der Waals surface area contributed by atoms with Gasteiger partial charge in [0.1, 0.15) is 18.4 Å². The minimum absolute atomic E-state index is 0.0748. The van der Waals surface area contributed by atoms with Crippen molar-refractivity contribution < 1.29 is 28.7 Å². The molecule has 9 heteroatoms. The molecule has 2 heterocycles. The highest BCUT2D eigenvalue weighted by atomic mass is 19.1. The molecular formula is C21H22FN3O5. The Morgan fingerprint density at radius 3 is 2.63 bits per heavy atom. The number of carboxylic acids is 1. The molecule has 8 nitrogen and oxygen atoms in total. The van der Waals surface area contributed by atoms with Gasteiger partial charge in [-0.3, -0.25) is 14.4 Å². The van der Waals surface area contributed by atoms with Gasteiger partial charge in [-0.2, -0.15) is 0 Å². The number of nitrogens with zero attached hydrogens (tertiary/aromatic N) is 2. The van der Waals surface area contributed by atoms with Gasteiger partial charge in [0.25, 0.3) is 5.91 Å². The summed E-state index contributed by atoms with van der Waals surface area (Å²) >= 11 is 0. The molecule has 0 fully saturated rings. The van der Waals surface area contributed by atoms with Gasteiger partial charge >= 0.3 is 5.97 Å². The summed E-state index contributed by atoms with van der Waals surface area (Å²) in [6.45, 7) is 2.11. The number of hydrogen-bond donors (Lipinski definition) is 2. The van der Waals surface area contributed by atoms with Crippen molar-refractivity contribution >= 4 is 34.3 Å². The maximum atomic E-state index is 13.0. The average molecular weight is 415 g/mol. The van der Waals surface area contributed by atoms with E-state index in [0.717, 1.165) is 10.9 Å². The zero-order valence-corrected chi connectivity index (χ0v) is 16.6. The molecule has 0 spiro atoms. The summed E-state index contributed by atoms with van der Waals surface area (Å²) in [5.41, 5.74) is 0.303. The normalized spacial score (nSPS) is 19.3. The third-order valence-electron chi connectivity index (χ3n) is 5.16. The van der Waals surface area contributed by atoms with Gasteiger partial charge in [-0.1, -0.05) is 43.3 Å². The first-order valence-electron chi connectivity index (χ1n) is 9.49. The molecule has 0 saturated carbocycles. The highest BCUT2D eigenvalue weighted by Crippen LogP contribution is 2.34. The Balaban J connectivity index is 1.84. The number of carbonyl (C=O) groups is 3. The van der Waals surface area contributed by atoms with Gasteiger partial charge in [0.05, 0.1) is 17.6 Å². The monoisotopic (exact) mass is 415 g/mol. The number of oxime groups is 1. The first-order valence-corrected chi connectivity index (χ1v) is 9.49. The van der Waals surface area contributed by atoms with Gasteiger partial charge in [0, 0.05) is 17.7 Å². The van der Waals surface area contributed by atoms with Crippen molar-refractivity contribution in [2.75, 3.05) is 6.67 Å². The molecule has 3 rings (SSSR count). The van der Waals surface area contributed by atoms with Crippen LogP contribution in [-0.2, 0) is 19.2 Å². The quantitative estimate of drug-likeness (QED) is 0.683. The lowest BCUT2D eigenvalue weighted by atomic mass is 9.84. The summed E-state index contributed by atoms with van der Waals surface area (Å²) in [4.78, 5) is 45.9. The van der Waals surface area contributed by atoms with Crippen LogP contribution in [0, 0.1) is 5.92 Å². The standard InChI is InChI=1S/C21H22FN3O5/c1-12(2)21(20(29)24-16(9-19(27)28)18(26)11-22)10-17(25-30-21)15-8-7-13-5-3-4-6-14(13)23-15/h3-8,12,16H,9-11H2,1-2H3,(H,24,29)(H,27,28)/t16?,21-/m0/s1. The number of carboxylic acid groups (broad SMARTS) is 1. The van der Waals surface area contributed by atoms with E-state index >= 15 is 0 Å². The number of rotatable bonds is 8. The summed E-state index contributed by atoms with van der Waals surface area (Å²) in [7, 11) is 0. The Morgan fingerprint density at radius 1 is 1.23 bits per heavy atom. The van der Waals surface area contributed by atoms with E-state index in [9.17, 15) is 18.8 Å². The number of pyridine rings is 1. The molecule has 30 heavy (non-hydrogen) atoms. The third kappa shape index (κ3) is 4.14. The Labute approximate surface area is 172 Å². The van der Waals surface area contributed by atoms with Crippen LogP contribution in [0.15, 0.2) is 41.6 Å². The Hall–Kier alpha value is -3.36. The highest BCUT2D eigenvalue weighted by molar-refractivity contribution is 6.06. The zero-order valence-electron chi connectivity index (χ0n) is 16.6. The summed E-state index contributed by atoms with van der Waals surface area (Å²) in [6, 6.07) is 9.73. The molecule has 1 aromatic heterocycles. The van der Waals surface area contributed by atoms with E-state index in [4.69, 9.17) is 9.94 Å². The van der Waals surface area contributed by atoms with Gasteiger partial charge in [-0.05, 0) is 12.1 Å². The van der Waals surface area contributed by atoms with Crippen LogP contribution in [0.2, 0.25) is 0 Å². The van der Waals surface area contributed by atoms with E-state index in [1.165, 1.54) is 0 Å². The second kappa shape index (κ2) is 8.56. The van der Waals surface area contributed by atoms with Crippen LogP contribution < -0.4 is 5.32 Å². The van der Waals surface area contributed by atoms with Gasteiger partial charge in [-0.15, -0.1) is 0 Å². The number of nitrogens with one attached hydrogen (secondary N) is 1. The molecule has 0 bridgehead atoms. The van der Waals surface area contributed by atoms with Crippen molar-refractivity contribution in [1.82, 2.24) is 10.3 Å². The fraction of sp³-hybridized carbons (Fsp3) is 0.381. The SMILES string of the molecule is CC(C)[C@]1(C(=O)NC(CC(=O)O)C(=O)CF)CC(c2ccc3ccccc3n2)=NO1. The largest absolute Gasteiger partial charge is 0.481 e. The van der Waals surface area contributed by atoms with Gasteiger partial charge in [-0.25, -0.2) is 9.37 Å². The van der Waals surface area contributed by atoms with Crippen molar-refractivity contribution in [1.29, 1.82) is 0 Å². The molecule has 1 unspecified atom stereocenters. The number of benzene rings is 1. The number of hydrogen-bond acceptors (Lipinski definition) is 6. The molecule has 1 aliphatic rings. The highest BCUT2D eigenvalue weighted by Gasteiger charge is 2.50. The molecular weight excluding hydrogens is 393 g/mol. The van der Waals surface area contributed by atoms with Gasteiger partial charge in [0.15, 0.2) is 5.78 Å². The van der Waals surface area contributed by atoms with Crippen LogP contribution in [-0.4, -0.2) is 51.8 Å². The summed E-state index contributed by atoms with van der Waals surface area (Å²) in [6.07, 6.45) is -0.645. The van der Waals surface area contributed by atoms with Crippen LogP contribution in [0.25, 0.3) is 10.9 Å². The van der Waals surface area contributed by atoms with E-state index in [0.29, 0.717) is 11.4 Å². The minimum Gasteiger partial charge on any atom is -0.481 e. The first kappa shape index (κ1) is 21.4. The lowest BCUT2D eigenvalue weighted by Gasteiger charge is -2.30. The van der Waals surface area contributed by atoms with Crippen LogP contribution >= 0.6 is 0 Å². The number of para-hydroxylation sites is 1. The molecule has 2 atom stereocenters. The minimum atomic E-state index is -1.48. The number of halogens is 1. The van der Waals surface area contributed by atoms with E-state index in [2.05, 4.69) is 15.5 Å². The summed E-state index contributed by atoms with van der Waals surface area (Å²) in [5, 5.41) is 16.3. The van der Waals surface area contributed by atoms with Crippen LogP contribution in [0.3, 0.4) is 0 Å². The first-order chi connectivity index (χ1) is 14.3. The molecule has 2 N–H and O–H groups in total. The van der Waals surface area contributed by atoms with Crippen molar-refractivity contribution in [2.24, 2.45) is 11.1 Å². The lowest BCUT2D eigenvalue weighted by molar-refractivity contribution is -0.152. The molecule has 2 aromatic rings. The molecule has 1 aliphatic heterocycles. The number of fused-ring (bicyclic) bond motifs is 1. The van der Waals surface area contributed by atoms with Crippen molar-refractivity contribution in [3.63, 3.8) is 0 Å². The van der Waals surface area contributed by atoms with E-state index in [1.54, 1.807) is 19.9 Å². The second-order valence-electron chi connectivity index (χ2n) is 7.46. The van der Waals surface area contributed by atoms with Crippen LogP contribution in [0.1, 0.15) is 32.4 Å². The second-order valence-corrected chi connectivity index (χ2v) is 7.46. The van der Waals surface area contributed by atoms with E-state index in [1.807, 2.05) is 30.3 Å². The lowest BCUT2D eigenvalue weighted by Crippen LogP contribution is -2.55. The third-order valence-corrected chi connectivity index (χ3v) is 5.16. The van der Waals surface area contributed by atoms with Gasteiger partial charge in [0.2, 0.25) is 5.60 Å². The number of Topliss-reactive ketones (excluding diaryl/α,β-unsaturated/α-hetero) is 1. The van der Waals surface area contributed by atoms with Crippen LogP contribution in [0.5, 0.6) is 0 Å². The van der Waals surface area contributed by atoms with Crippen molar-refractivity contribution in [3.05, 3.63) is 42.1 Å². The molecule has 1 aromatic carbocycles. The number of amides is 1. The maximum absolute atomic E-state index is 13.0. The Kier molecular flexibility index (Phi) is 6.09. The summed E-state index contributed by atoms with van der Waals surface area (Å²) in [5.74, 6) is -3.43. The van der Waals surface area contributed by atoms with Crippen molar-refractivity contribution in [2.45, 2.75) is 38.3 Å². The number of ketones is 1. The predicted molar refractivity (Wildman–Crippen MR) is 107 cm³/mol. The molecule has 0 saturated heterocycles. The molecule has 1 amide bonds. The number of aliphatic carboxylic acids is 1. The van der Waals surface area contributed by atoms with Crippen molar-refractivity contribution in [3.8, 4) is 0 Å². The van der Waals surface area contributed by atoms with Gasteiger partial charge < -0.3 is 15.3 Å². The topological polar surface area (TPSA) is 118 Å². The Bertz CT molecular complexity index is 1020. The average Bonchev–Trinajstić information content (AvgIpc) is 3.19. The summed E-state index contributed by atoms with van der Waals surface area (Å²) < 4.78 is 12.8. The smallest absolute Gasteiger partial charge is 0.305 e. The fourth-order valence-corrected chi connectivity index (χ4v) is 3.30. The van der Waals surface area contributed by atoms with E-state index in [-0.39, 0.29) is 12.3 Å². The Morgan fingerprint density at radius 2 is 1.97 bits per heavy atom. The molecule has 158 valence electrons. The predicted octanol–water partition coefficient (Wildman–Crippen LogP) is 2.25. The zero-order chi connectivity index (χ0) is 21.9. The molecule has 0 radical (unpaired) electrons. The number of aromatic nitrogens is 1. The fourth-order valence-electron chi connectivity index (χ4n) is 3.30. The van der Waals surface area contributed by atoms with E-state index < -0.39 is 42.4 Å². The number of carbonyl (C=O) groups excluding carboxylic acids is 2. The number of alkyl halides is 1.